The van der Waals surface area contributed by atoms with Gasteiger partial charge in [-0.25, -0.2) is 0 Å². The second-order valence-corrected chi connectivity index (χ2v) is 5.71. The molecule has 0 saturated carbocycles. The monoisotopic (exact) mass is 360 g/mol. The van der Waals surface area contributed by atoms with Crippen LogP contribution in [0.5, 0.6) is 28.7 Å². The van der Waals surface area contributed by atoms with E-state index >= 15 is 0 Å². The van der Waals surface area contributed by atoms with E-state index in [0.717, 1.165) is 5.56 Å². The summed E-state index contributed by atoms with van der Waals surface area (Å²) in [5.41, 5.74) is 1.30. The molecule has 0 amide bonds. The van der Waals surface area contributed by atoms with Gasteiger partial charge in [0.2, 0.25) is 6.79 Å². The van der Waals surface area contributed by atoms with E-state index in [-0.39, 0.29) is 19.0 Å². The lowest BCUT2D eigenvalue weighted by Crippen LogP contribution is -2.11. The number of methoxy groups -OCH3 is 3. The maximum Gasteiger partial charge on any atom is 0.306 e. The predicted octanol–water partition coefficient (Wildman–Crippen LogP) is 2.83. The van der Waals surface area contributed by atoms with Crippen LogP contribution < -0.4 is 18.9 Å². The molecule has 1 aliphatic heterocycles. The Balaban J connectivity index is 2.08. The zero-order chi connectivity index (χ0) is 18.7. The van der Waals surface area contributed by atoms with Crippen LogP contribution in [-0.4, -0.2) is 39.2 Å². The number of ether oxygens (including phenoxy) is 5. The van der Waals surface area contributed by atoms with Gasteiger partial charge in [0.15, 0.2) is 23.0 Å². The fourth-order valence-corrected chi connectivity index (χ4v) is 2.95. The molecule has 1 atom stereocenters. The molecule has 3 rings (SSSR count). The molecule has 0 aromatic heterocycles. The van der Waals surface area contributed by atoms with E-state index < -0.39 is 11.9 Å². The van der Waals surface area contributed by atoms with E-state index in [1.807, 2.05) is 6.07 Å². The summed E-state index contributed by atoms with van der Waals surface area (Å²) in [6, 6.07) is 8.52. The summed E-state index contributed by atoms with van der Waals surface area (Å²) >= 11 is 0. The van der Waals surface area contributed by atoms with Crippen LogP contribution >= 0.6 is 0 Å². The number of esters is 1. The Kier molecular flexibility index (Phi) is 5.06. The lowest BCUT2D eigenvalue weighted by molar-refractivity contribution is -0.140. The van der Waals surface area contributed by atoms with Crippen molar-refractivity contribution in [3.8, 4) is 28.7 Å². The van der Waals surface area contributed by atoms with Gasteiger partial charge in [0, 0.05) is 17.5 Å². The Morgan fingerprint density at radius 2 is 1.77 bits per heavy atom. The van der Waals surface area contributed by atoms with Crippen molar-refractivity contribution in [2.24, 2.45) is 0 Å². The highest BCUT2D eigenvalue weighted by Gasteiger charge is 2.26. The first-order chi connectivity index (χ1) is 12.6. The number of phenolic OH excluding ortho intramolecular Hbond substituents is 1. The molecule has 0 spiro atoms. The van der Waals surface area contributed by atoms with Crippen LogP contribution in [0.1, 0.15) is 23.5 Å². The van der Waals surface area contributed by atoms with E-state index in [1.165, 1.54) is 20.3 Å². The molecule has 26 heavy (non-hydrogen) atoms. The first-order valence-electron chi connectivity index (χ1n) is 7.98. The fraction of sp³-hybridized carbons (Fsp3) is 0.316. The minimum atomic E-state index is -0.461. The summed E-state index contributed by atoms with van der Waals surface area (Å²) in [5, 5.41) is 10.5. The number of carbonyl (C=O) groups is 1. The Morgan fingerprint density at radius 3 is 2.42 bits per heavy atom. The Hall–Kier alpha value is -3.09. The second kappa shape index (κ2) is 7.43. The van der Waals surface area contributed by atoms with Gasteiger partial charge >= 0.3 is 5.97 Å². The molecule has 0 bridgehead atoms. The molecule has 1 aliphatic rings. The number of benzene rings is 2. The second-order valence-electron chi connectivity index (χ2n) is 5.71. The van der Waals surface area contributed by atoms with Crippen molar-refractivity contribution < 1.29 is 33.6 Å². The van der Waals surface area contributed by atoms with E-state index in [1.54, 1.807) is 25.3 Å². The molecular weight excluding hydrogens is 340 g/mol. The summed E-state index contributed by atoms with van der Waals surface area (Å²) in [5.74, 6) is 1.24. The highest BCUT2D eigenvalue weighted by molar-refractivity contribution is 5.72. The van der Waals surface area contributed by atoms with Gasteiger partial charge in [-0.1, -0.05) is 6.07 Å². The Morgan fingerprint density at radius 1 is 1.08 bits per heavy atom. The summed E-state index contributed by atoms with van der Waals surface area (Å²) in [6.45, 7) is 0.0935. The zero-order valence-electron chi connectivity index (χ0n) is 14.8. The molecule has 7 nitrogen and oxygen atoms in total. The van der Waals surface area contributed by atoms with Gasteiger partial charge in [0.25, 0.3) is 0 Å². The molecule has 2 aromatic rings. The summed E-state index contributed by atoms with van der Waals surface area (Å²) < 4.78 is 26.1. The number of carbonyl (C=O) groups excluding carboxylic acids is 1. The Bertz CT molecular complexity index is 816. The van der Waals surface area contributed by atoms with Crippen molar-refractivity contribution in [1.29, 1.82) is 0 Å². The lowest BCUT2D eigenvalue weighted by Gasteiger charge is -2.20. The van der Waals surface area contributed by atoms with Crippen LogP contribution in [0.25, 0.3) is 0 Å². The maximum absolute atomic E-state index is 12.0. The molecule has 0 saturated heterocycles. The number of phenols is 1. The van der Waals surface area contributed by atoms with E-state index in [2.05, 4.69) is 0 Å². The smallest absolute Gasteiger partial charge is 0.306 e. The molecule has 138 valence electrons. The van der Waals surface area contributed by atoms with Crippen LogP contribution in [-0.2, 0) is 9.53 Å². The average molecular weight is 360 g/mol. The molecule has 0 fully saturated rings. The van der Waals surface area contributed by atoms with Gasteiger partial charge in [-0.3, -0.25) is 4.79 Å². The van der Waals surface area contributed by atoms with Crippen molar-refractivity contribution in [3.05, 3.63) is 41.5 Å². The minimum absolute atomic E-state index is 0.0120. The van der Waals surface area contributed by atoms with E-state index in [4.69, 9.17) is 23.7 Å². The number of fused-ring (bicyclic) bond motifs is 1. The SMILES string of the molecule is COC(=O)C[C@H](c1ccc(OC)c(OC)c1)c1cc2c(cc1O)OCO2. The van der Waals surface area contributed by atoms with E-state index in [9.17, 15) is 9.90 Å². The highest BCUT2D eigenvalue weighted by Crippen LogP contribution is 2.44. The van der Waals surface area contributed by atoms with Crippen molar-refractivity contribution in [1.82, 2.24) is 0 Å². The third-order valence-electron chi connectivity index (χ3n) is 4.31. The van der Waals surface area contributed by atoms with Crippen LogP contribution in [0.4, 0.5) is 0 Å². The molecule has 0 radical (unpaired) electrons. The number of hydrogen-bond acceptors (Lipinski definition) is 7. The maximum atomic E-state index is 12.0. The minimum Gasteiger partial charge on any atom is -0.508 e. The van der Waals surface area contributed by atoms with Crippen LogP contribution in [0.2, 0.25) is 0 Å². The molecule has 1 heterocycles. The average Bonchev–Trinajstić information content (AvgIpc) is 3.11. The van der Waals surface area contributed by atoms with Gasteiger partial charge in [-0.05, 0) is 23.8 Å². The van der Waals surface area contributed by atoms with Gasteiger partial charge in [0.05, 0.1) is 27.8 Å². The fourth-order valence-electron chi connectivity index (χ4n) is 2.95. The molecular formula is C19H20O7. The van der Waals surface area contributed by atoms with Gasteiger partial charge in [-0.15, -0.1) is 0 Å². The lowest BCUT2D eigenvalue weighted by atomic mass is 9.87. The van der Waals surface area contributed by atoms with Crippen molar-refractivity contribution in [2.75, 3.05) is 28.1 Å². The number of aromatic hydroxyl groups is 1. The molecule has 7 heteroatoms. The standard InChI is InChI=1S/C19H20O7/c1-22-15-5-4-11(6-16(15)23-2)12(8-19(21)24-3)13-7-17-18(9-14(13)20)26-10-25-17/h4-7,9,12,20H,8,10H2,1-3H3/t12-/m1/s1. The van der Waals surface area contributed by atoms with Crippen LogP contribution in [0, 0.1) is 0 Å². The molecule has 0 aliphatic carbocycles. The largest absolute Gasteiger partial charge is 0.508 e. The molecule has 2 aromatic carbocycles. The Labute approximate surface area is 151 Å². The predicted molar refractivity (Wildman–Crippen MR) is 92.3 cm³/mol. The van der Waals surface area contributed by atoms with E-state index in [0.29, 0.717) is 28.6 Å². The topological polar surface area (TPSA) is 83.5 Å². The first-order valence-corrected chi connectivity index (χ1v) is 7.98. The summed E-state index contributed by atoms with van der Waals surface area (Å²) in [4.78, 5) is 12.0. The summed E-state index contributed by atoms with van der Waals surface area (Å²) in [6.07, 6.45) is 0.0409. The van der Waals surface area contributed by atoms with Crippen molar-refractivity contribution in [3.63, 3.8) is 0 Å². The van der Waals surface area contributed by atoms with Crippen LogP contribution in [0.15, 0.2) is 30.3 Å². The van der Waals surface area contributed by atoms with Gasteiger partial charge in [-0.2, -0.15) is 0 Å². The number of hydrogen-bond donors (Lipinski definition) is 1. The third kappa shape index (κ3) is 3.33. The number of rotatable bonds is 6. The van der Waals surface area contributed by atoms with Gasteiger partial charge < -0.3 is 28.8 Å². The van der Waals surface area contributed by atoms with Crippen molar-refractivity contribution >= 4 is 5.97 Å². The third-order valence-corrected chi connectivity index (χ3v) is 4.31. The van der Waals surface area contributed by atoms with Crippen LogP contribution in [0.3, 0.4) is 0 Å². The van der Waals surface area contributed by atoms with Gasteiger partial charge in [0.1, 0.15) is 5.75 Å². The molecule has 1 N–H and O–H groups in total. The zero-order valence-corrected chi connectivity index (χ0v) is 14.8. The highest BCUT2D eigenvalue weighted by atomic mass is 16.7. The first kappa shape index (κ1) is 17.7. The normalized spacial score (nSPS) is 13.2. The molecule has 0 unspecified atom stereocenters. The van der Waals surface area contributed by atoms with Crippen molar-refractivity contribution in [2.45, 2.75) is 12.3 Å². The quantitative estimate of drug-likeness (QED) is 0.793. The summed E-state index contributed by atoms with van der Waals surface area (Å²) in [7, 11) is 4.41.